The van der Waals surface area contributed by atoms with Crippen LogP contribution in [0, 0.1) is 25.5 Å². The van der Waals surface area contributed by atoms with Gasteiger partial charge in [0.1, 0.15) is 23.0 Å². The van der Waals surface area contributed by atoms with E-state index < -0.39 is 11.6 Å². The van der Waals surface area contributed by atoms with Crippen LogP contribution in [0.1, 0.15) is 36.3 Å². The zero-order valence-corrected chi connectivity index (χ0v) is 19.7. The number of rotatable bonds is 4. The number of hydrogen-bond acceptors (Lipinski definition) is 5. The highest BCUT2D eigenvalue weighted by Crippen LogP contribution is 2.25. The summed E-state index contributed by atoms with van der Waals surface area (Å²) in [5.74, 6) is -1.22. The lowest BCUT2D eigenvalue weighted by Crippen LogP contribution is -2.37. The number of amides is 1. The third-order valence-electron chi connectivity index (χ3n) is 6.14. The van der Waals surface area contributed by atoms with Gasteiger partial charge in [0, 0.05) is 35.9 Å². The summed E-state index contributed by atoms with van der Waals surface area (Å²) >= 11 is 1.31. The van der Waals surface area contributed by atoms with Gasteiger partial charge in [-0.15, -0.1) is 11.3 Å². The highest BCUT2D eigenvalue weighted by Gasteiger charge is 2.23. The van der Waals surface area contributed by atoms with Crippen LogP contribution in [-0.2, 0) is 11.2 Å². The molecule has 0 spiro atoms. The average molecular weight is 484 g/mol. The van der Waals surface area contributed by atoms with E-state index in [4.69, 9.17) is 0 Å². The Bertz CT molecular complexity index is 1470. The van der Waals surface area contributed by atoms with E-state index >= 15 is 0 Å². The number of hydrogen-bond donors (Lipinski definition) is 0. The fourth-order valence-corrected chi connectivity index (χ4v) is 5.35. The van der Waals surface area contributed by atoms with Gasteiger partial charge in [-0.05, 0) is 51.3 Å². The van der Waals surface area contributed by atoms with Crippen molar-refractivity contribution in [3.63, 3.8) is 0 Å². The maximum atomic E-state index is 14.4. The molecule has 7 nitrogen and oxygen atoms in total. The van der Waals surface area contributed by atoms with Gasteiger partial charge in [0.25, 0.3) is 5.56 Å². The van der Waals surface area contributed by atoms with Crippen molar-refractivity contribution in [3.8, 4) is 16.9 Å². The minimum Gasteiger partial charge on any atom is -0.342 e. The van der Waals surface area contributed by atoms with Crippen molar-refractivity contribution in [1.82, 2.24) is 24.1 Å². The van der Waals surface area contributed by atoms with Crippen LogP contribution in [0.4, 0.5) is 8.78 Å². The molecule has 1 aromatic carbocycles. The standard InChI is InChI=1S/C24H23F2N5O2S/c1-14-10-19(28-31(14)20-11-16(25)6-7-18(20)26)22-15(2)27-24-30(23(22)33)17(13-34-24)12-21(32)29-8-4-3-5-9-29/h6-7,10-11,13H,3-5,8-9,12H2,1-2H3. The molecule has 0 saturated carbocycles. The second-order valence-electron chi connectivity index (χ2n) is 8.52. The quantitative estimate of drug-likeness (QED) is 0.439. The maximum Gasteiger partial charge on any atom is 0.268 e. The van der Waals surface area contributed by atoms with E-state index in [-0.39, 0.29) is 29.1 Å². The van der Waals surface area contributed by atoms with E-state index in [9.17, 15) is 18.4 Å². The summed E-state index contributed by atoms with van der Waals surface area (Å²) in [6.45, 7) is 4.90. The van der Waals surface area contributed by atoms with Crippen molar-refractivity contribution in [2.75, 3.05) is 13.1 Å². The van der Waals surface area contributed by atoms with Crippen LogP contribution in [0.2, 0.25) is 0 Å². The van der Waals surface area contributed by atoms with E-state index in [1.165, 1.54) is 20.4 Å². The molecule has 1 aliphatic heterocycles. The molecule has 0 bridgehead atoms. The molecule has 1 amide bonds. The summed E-state index contributed by atoms with van der Waals surface area (Å²) in [6.07, 6.45) is 3.23. The molecule has 1 fully saturated rings. The Morgan fingerprint density at radius 3 is 2.65 bits per heavy atom. The lowest BCUT2D eigenvalue weighted by Gasteiger charge is -2.26. The minimum absolute atomic E-state index is 0.00451. The van der Waals surface area contributed by atoms with E-state index in [2.05, 4.69) is 10.1 Å². The maximum absolute atomic E-state index is 14.4. The zero-order chi connectivity index (χ0) is 24.0. The number of benzene rings is 1. The summed E-state index contributed by atoms with van der Waals surface area (Å²) in [5.41, 5.74) is 1.79. The first-order chi connectivity index (χ1) is 16.3. The average Bonchev–Trinajstić information content (AvgIpc) is 3.39. The van der Waals surface area contributed by atoms with Crippen LogP contribution in [0.15, 0.2) is 34.4 Å². The van der Waals surface area contributed by atoms with Gasteiger partial charge in [0.05, 0.1) is 17.7 Å². The zero-order valence-electron chi connectivity index (χ0n) is 18.8. The molecule has 0 unspecified atom stereocenters. The third-order valence-corrected chi connectivity index (χ3v) is 7.02. The van der Waals surface area contributed by atoms with E-state index in [1.807, 2.05) is 4.90 Å². The van der Waals surface area contributed by atoms with Gasteiger partial charge >= 0.3 is 0 Å². The Kier molecular flexibility index (Phi) is 5.76. The monoisotopic (exact) mass is 483 g/mol. The highest BCUT2D eigenvalue weighted by atomic mass is 32.1. The lowest BCUT2D eigenvalue weighted by atomic mass is 10.1. The summed E-state index contributed by atoms with van der Waals surface area (Å²) in [5, 5.41) is 6.21. The number of aromatic nitrogens is 4. The van der Waals surface area contributed by atoms with Crippen LogP contribution in [0.5, 0.6) is 0 Å². The molecule has 0 atom stereocenters. The van der Waals surface area contributed by atoms with E-state index in [0.717, 1.165) is 50.6 Å². The first-order valence-corrected chi connectivity index (χ1v) is 12.0. The molecule has 34 heavy (non-hydrogen) atoms. The Morgan fingerprint density at radius 1 is 1.12 bits per heavy atom. The van der Waals surface area contributed by atoms with Crippen LogP contribution >= 0.6 is 11.3 Å². The molecule has 176 valence electrons. The van der Waals surface area contributed by atoms with Crippen molar-refractivity contribution >= 4 is 22.2 Å². The predicted octanol–water partition coefficient (Wildman–Crippen LogP) is 4.06. The largest absolute Gasteiger partial charge is 0.342 e. The molecule has 5 rings (SSSR count). The molecular weight excluding hydrogens is 460 g/mol. The lowest BCUT2D eigenvalue weighted by molar-refractivity contribution is -0.131. The van der Waals surface area contributed by atoms with E-state index in [1.54, 1.807) is 25.3 Å². The first kappa shape index (κ1) is 22.4. The van der Waals surface area contributed by atoms with Crippen molar-refractivity contribution in [2.45, 2.75) is 39.5 Å². The van der Waals surface area contributed by atoms with Gasteiger partial charge in [0.2, 0.25) is 5.91 Å². The Balaban J connectivity index is 1.57. The normalized spacial score (nSPS) is 14.2. The number of halogens is 2. The third kappa shape index (κ3) is 3.91. The number of thiazole rings is 1. The Morgan fingerprint density at radius 2 is 1.88 bits per heavy atom. The van der Waals surface area contributed by atoms with Crippen LogP contribution in [0.3, 0.4) is 0 Å². The molecular formula is C24H23F2N5O2S. The summed E-state index contributed by atoms with van der Waals surface area (Å²) in [4.78, 5) is 33.3. The van der Waals surface area contributed by atoms with Crippen LogP contribution < -0.4 is 5.56 Å². The van der Waals surface area contributed by atoms with Gasteiger partial charge in [-0.2, -0.15) is 5.10 Å². The Labute approximate surface area is 198 Å². The topological polar surface area (TPSA) is 72.5 Å². The highest BCUT2D eigenvalue weighted by molar-refractivity contribution is 7.15. The smallest absolute Gasteiger partial charge is 0.268 e. The van der Waals surface area contributed by atoms with Crippen molar-refractivity contribution in [3.05, 3.63) is 68.7 Å². The van der Waals surface area contributed by atoms with Crippen molar-refractivity contribution in [1.29, 1.82) is 0 Å². The molecule has 4 aromatic rings. The number of carbonyl (C=O) groups excluding carboxylic acids is 1. The predicted molar refractivity (Wildman–Crippen MR) is 125 cm³/mol. The molecule has 0 N–H and O–H groups in total. The number of nitrogens with zero attached hydrogens (tertiary/aromatic N) is 5. The summed E-state index contributed by atoms with van der Waals surface area (Å²) in [6, 6.07) is 4.78. The van der Waals surface area contributed by atoms with Gasteiger partial charge in [-0.3, -0.25) is 14.0 Å². The van der Waals surface area contributed by atoms with Gasteiger partial charge in [-0.1, -0.05) is 0 Å². The van der Waals surface area contributed by atoms with Crippen LogP contribution in [-0.4, -0.2) is 43.1 Å². The van der Waals surface area contributed by atoms with Crippen molar-refractivity contribution in [2.24, 2.45) is 0 Å². The first-order valence-electron chi connectivity index (χ1n) is 11.1. The molecule has 0 radical (unpaired) electrons. The summed E-state index contributed by atoms with van der Waals surface area (Å²) in [7, 11) is 0. The SMILES string of the molecule is Cc1nc2scc(CC(=O)N3CCCCC3)n2c(=O)c1-c1cc(C)n(-c2cc(F)ccc2F)n1. The number of aryl methyl sites for hydroxylation is 2. The second kappa shape index (κ2) is 8.75. The number of piperidine rings is 1. The van der Waals surface area contributed by atoms with Crippen molar-refractivity contribution < 1.29 is 13.6 Å². The molecule has 4 heterocycles. The molecule has 10 heteroatoms. The van der Waals surface area contributed by atoms with Gasteiger partial charge < -0.3 is 4.90 Å². The molecule has 0 aliphatic carbocycles. The van der Waals surface area contributed by atoms with Crippen LogP contribution in [0.25, 0.3) is 21.9 Å². The van der Waals surface area contributed by atoms with Gasteiger partial charge in [0.15, 0.2) is 4.96 Å². The molecule has 3 aromatic heterocycles. The fourth-order valence-electron chi connectivity index (χ4n) is 4.42. The summed E-state index contributed by atoms with van der Waals surface area (Å²) < 4.78 is 30.8. The second-order valence-corrected chi connectivity index (χ2v) is 9.36. The fraction of sp³-hybridized carbons (Fsp3) is 0.333. The number of likely N-dealkylation sites (tertiary alicyclic amines) is 1. The number of fused-ring (bicyclic) bond motifs is 1. The minimum atomic E-state index is -0.627. The Hall–Kier alpha value is -3.40. The van der Waals surface area contributed by atoms with E-state index in [0.29, 0.717) is 27.7 Å². The number of carbonyl (C=O) groups is 1. The molecule has 1 saturated heterocycles. The molecule has 1 aliphatic rings. The van der Waals surface area contributed by atoms with Gasteiger partial charge in [-0.25, -0.2) is 18.4 Å².